The van der Waals surface area contributed by atoms with E-state index in [0.717, 1.165) is 36.9 Å². The van der Waals surface area contributed by atoms with Crippen LogP contribution in [0, 0.1) is 6.92 Å². The lowest BCUT2D eigenvalue weighted by atomic mass is 9.94. The minimum atomic E-state index is 0.0570. The van der Waals surface area contributed by atoms with E-state index in [2.05, 4.69) is 49.7 Å². The summed E-state index contributed by atoms with van der Waals surface area (Å²) in [5.41, 5.74) is 1.30. The van der Waals surface area contributed by atoms with E-state index in [1.54, 1.807) is 0 Å². The average molecular weight is 327 g/mol. The number of nitrogens with one attached hydrogen (secondary N) is 2. The third kappa shape index (κ3) is 3.44. The van der Waals surface area contributed by atoms with Crippen LogP contribution < -0.4 is 10.1 Å². The van der Waals surface area contributed by atoms with Crippen molar-refractivity contribution < 1.29 is 4.74 Å². The average Bonchev–Trinajstić information content (AvgIpc) is 3.12. The number of fused-ring (bicyclic) bond motifs is 2. The van der Waals surface area contributed by atoms with Crippen molar-refractivity contribution in [1.82, 2.24) is 25.4 Å². The molecule has 2 aliphatic heterocycles. The highest BCUT2D eigenvalue weighted by atomic mass is 16.5. The predicted molar refractivity (Wildman–Crippen MR) is 91.8 cm³/mol. The Balaban J connectivity index is 1.30. The van der Waals surface area contributed by atoms with Crippen LogP contribution in [-0.2, 0) is 13.1 Å². The minimum absolute atomic E-state index is 0.0570. The van der Waals surface area contributed by atoms with Gasteiger partial charge in [0.05, 0.1) is 6.54 Å². The van der Waals surface area contributed by atoms with Crippen molar-refractivity contribution in [2.45, 2.75) is 44.9 Å². The second kappa shape index (κ2) is 6.53. The van der Waals surface area contributed by atoms with Crippen molar-refractivity contribution in [2.75, 3.05) is 19.6 Å². The zero-order valence-corrected chi connectivity index (χ0v) is 14.2. The van der Waals surface area contributed by atoms with E-state index in [1.165, 1.54) is 31.5 Å². The molecule has 4 rings (SSSR count). The molecule has 2 aliphatic rings. The number of hydrogen-bond donors (Lipinski definition) is 2. The minimum Gasteiger partial charge on any atom is -0.486 e. The highest BCUT2D eigenvalue weighted by Gasteiger charge is 2.42. The van der Waals surface area contributed by atoms with Gasteiger partial charge in [-0.05, 0) is 44.0 Å². The topological polar surface area (TPSA) is 66.1 Å². The maximum atomic E-state index is 6.38. The van der Waals surface area contributed by atoms with Gasteiger partial charge in [0.15, 0.2) is 5.82 Å². The fourth-order valence-electron chi connectivity index (χ4n) is 3.79. The summed E-state index contributed by atoms with van der Waals surface area (Å²) in [6.45, 7) is 6.88. The molecular weight excluding hydrogens is 302 g/mol. The molecule has 2 N–H and O–H groups in total. The van der Waals surface area contributed by atoms with Gasteiger partial charge < -0.3 is 10.1 Å². The molecular formula is C18H25N5O. The van der Waals surface area contributed by atoms with Crippen LogP contribution in [0.15, 0.2) is 24.3 Å². The lowest BCUT2D eigenvalue weighted by molar-refractivity contribution is 0.0453. The fraction of sp³-hybridized carbons (Fsp3) is 0.556. The van der Waals surface area contributed by atoms with Crippen molar-refractivity contribution >= 4 is 0 Å². The second-order valence-electron chi connectivity index (χ2n) is 7.00. The molecule has 2 bridgehead atoms. The number of ether oxygens (including phenoxy) is 1. The van der Waals surface area contributed by atoms with Gasteiger partial charge in [0, 0.05) is 26.1 Å². The van der Waals surface area contributed by atoms with E-state index in [4.69, 9.17) is 4.74 Å². The van der Waals surface area contributed by atoms with Gasteiger partial charge in [-0.15, -0.1) is 0 Å². The van der Waals surface area contributed by atoms with E-state index in [0.29, 0.717) is 6.54 Å². The van der Waals surface area contributed by atoms with Crippen molar-refractivity contribution in [3.05, 3.63) is 41.5 Å². The lowest BCUT2D eigenvalue weighted by Crippen LogP contribution is -2.43. The fourth-order valence-corrected chi connectivity index (χ4v) is 3.79. The predicted octanol–water partition coefficient (Wildman–Crippen LogP) is 2.02. The van der Waals surface area contributed by atoms with E-state index in [-0.39, 0.29) is 5.60 Å². The molecule has 0 saturated carbocycles. The third-order valence-corrected chi connectivity index (χ3v) is 5.02. The van der Waals surface area contributed by atoms with Crippen LogP contribution >= 0.6 is 0 Å². The number of aromatic nitrogens is 3. The Morgan fingerprint density at radius 1 is 1.21 bits per heavy atom. The van der Waals surface area contributed by atoms with Gasteiger partial charge in [0.1, 0.15) is 17.2 Å². The molecule has 2 aromatic rings. The summed E-state index contributed by atoms with van der Waals surface area (Å²) in [7, 11) is 0. The number of nitrogens with zero attached hydrogens (tertiary/aromatic N) is 3. The van der Waals surface area contributed by atoms with Gasteiger partial charge in [-0.2, -0.15) is 5.10 Å². The Labute approximate surface area is 142 Å². The van der Waals surface area contributed by atoms with Crippen molar-refractivity contribution in [1.29, 1.82) is 0 Å². The van der Waals surface area contributed by atoms with Crippen LogP contribution in [0.4, 0.5) is 0 Å². The molecule has 6 nitrogen and oxygen atoms in total. The van der Waals surface area contributed by atoms with Crippen molar-refractivity contribution in [3.8, 4) is 5.75 Å². The molecule has 2 atom stereocenters. The van der Waals surface area contributed by atoms with E-state index in [9.17, 15) is 0 Å². The molecule has 0 spiro atoms. The summed E-state index contributed by atoms with van der Waals surface area (Å²) in [5, 5.41) is 10.3. The molecule has 128 valence electrons. The Kier molecular flexibility index (Phi) is 4.24. The standard InChI is InChI=1S/C18H25N5O/c1-14-20-17(22-21-14)12-19-11-15-3-5-16(6-4-15)24-18-7-2-9-23(13-18)10-8-18/h3-6,19H,2,7-13H2,1H3,(H,20,21,22)/t18-/m0/s1. The van der Waals surface area contributed by atoms with E-state index in [1.807, 2.05) is 6.92 Å². The summed E-state index contributed by atoms with van der Waals surface area (Å²) >= 11 is 0. The Hall–Kier alpha value is -1.92. The Bertz CT molecular complexity index is 679. The number of benzene rings is 1. The first-order valence-electron chi connectivity index (χ1n) is 8.80. The summed E-state index contributed by atoms with van der Waals surface area (Å²) in [5.74, 6) is 2.64. The molecule has 0 amide bonds. The number of hydrogen-bond acceptors (Lipinski definition) is 5. The quantitative estimate of drug-likeness (QED) is 0.850. The summed E-state index contributed by atoms with van der Waals surface area (Å²) < 4.78 is 6.38. The Morgan fingerprint density at radius 2 is 2.08 bits per heavy atom. The van der Waals surface area contributed by atoms with Gasteiger partial charge >= 0.3 is 0 Å². The van der Waals surface area contributed by atoms with E-state index < -0.39 is 0 Å². The number of aromatic amines is 1. The molecule has 2 fully saturated rings. The summed E-state index contributed by atoms with van der Waals surface area (Å²) in [4.78, 5) is 6.81. The lowest BCUT2D eigenvalue weighted by Gasteiger charge is -2.34. The largest absolute Gasteiger partial charge is 0.486 e. The highest BCUT2D eigenvalue weighted by molar-refractivity contribution is 5.28. The molecule has 24 heavy (non-hydrogen) atoms. The van der Waals surface area contributed by atoms with Crippen LogP contribution in [-0.4, -0.2) is 45.3 Å². The van der Waals surface area contributed by atoms with Gasteiger partial charge in [0.25, 0.3) is 0 Å². The first kappa shape index (κ1) is 15.6. The third-order valence-electron chi connectivity index (χ3n) is 5.02. The van der Waals surface area contributed by atoms with Gasteiger partial charge in [-0.3, -0.25) is 10.00 Å². The smallest absolute Gasteiger partial charge is 0.164 e. The number of aryl methyl sites for hydroxylation is 1. The van der Waals surface area contributed by atoms with Crippen LogP contribution in [0.5, 0.6) is 5.75 Å². The molecule has 1 aromatic carbocycles. The molecule has 1 unspecified atom stereocenters. The van der Waals surface area contributed by atoms with Crippen molar-refractivity contribution in [2.24, 2.45) is 0 Å². The first-order chi connectivity index (χ1) is 11.7. The number of rotatable bonds is 6. The van der Waals surface area contributed by atoms with Crippen molar-refractivity contribution in [3.63, 3.8) is 0 Å². The zero-order valence-electron chi connectivity index (χ0n) is 14.2. The molecule has 0 radical (unpaired) electrons. The van der Waals surface area contributed by atoms with Crippen LogP contribution in [0.3, 0.4) is 0 Å². The normalized spacial score (nSPS) is 25.8. The monoisotopic (exact) mass is 327 g/mol. The highest BCUT2D eigenvalue weighted by Crippen LogP contribution is 2.35. The van der Waals surface area contributed by atoms with Crippen LogP contribution in [0.2, 0.25) is 0 Å². The molecule has 2 saturated heterocycles. The number of piperidine rings is 1. The molecule has 6 heteroatoms. The summed E-state index contributed by atoms with van der Waals surface area (Å²) in [6.07, 6.45) is 3.60. The SMILES string of the molecule is Cc1nc(CNCc2ccc(O[C@@]34CCCN(CC3)C4)cc2)n[nH]1. The summed E-state index contributed by atoms with van der Waals surface area (Å²) in [6, 6.07) is 8.47. The van der Waals surface area contributed by atoms with Gasteiger partial charge in [0.2, 0.25) is 0 Å². The van der Waals surface area contributed by atoms with Crippen LogP contribution in [0.25, 0.3) is 0 Å². The van der Waals surface area contributed by atoms with Gasteiger partial charge in [-0.1, -0.05) is 12.1 Å². The zero-order chi connectivity index (χ0) is 16.4. The van der Waals surface area contributed by atoms with Crippen LogP contribution in [0.1, 0.15) is 36.5 Å². The molecule has 1 aromatic heterocycles. The maximum Gasteiger partial charge on any atom is 0.164 e. The van der Waals surface area contributed by atoms with E-state index >= 15 is 0 Å². The number of H-pyrrole nitrogens is 1. The Morgan fingerprint density at radius 3 is 2.88 bits per heavy atom. The molecule has 0 aliphatic carbocycles. The second-order valence-corrected chi connectivity index (χ2v) is 7.00. The first-order valence-corrected chi connectivity index (χ1v) is 8.80. The van der Waals surface area contributed by atoms with Gasteiger partial charge in [-0.25, -0.2) is 4.98 Å². The maximum absolute atomic E-state index is 6.38. The molecule has 3 heterocycles.